The van der Waals surface area contributed by atoms with Gasteiger partial charge in [-0.1, -0.05) is 29.3 Å². The summed E-state index contributed by atoms with van der Waals surface area (Å²) in [6.45, 7) is -0.134. The molecule has 0 amide bonds. The molecule has 102 valence electrons. The molecule has 0 radical (unpaired) electrons. The van der Waals surface area contributed by atoms with Gasteiger partial charge in [-0.2, -0.15) is 0 Å². The summed E-state index contributed by atoms with van der Waals surface area (Å²) in [4.78, 5) is -0.124. The smallest absolute Gasteiger partial charge is 0.242 e. The van der Waals surface area contributed by atoms with Gasteiger partial charge in [0.1, 0.15) is 4.90 Å². The maximum Gasteiger partial charge on any atom is 0.242 e. The van der Waals surface area contributed by atoms with Crippen LogP contribution in [0.15, 0.2) is 23.1 Å². The predicted octanol–water partition coefficient (Wildman–Crippen LogP) is 1.28. The highest BCUT2D eigenvalue weighted by molar-refractivity contribution is 7.89. The molecule has 1 atom stereocenters. The van der Waals surface area contributed by atoms with E-state index < -0.39 is 16.1 Å². The van der Waals surface area contributed by atoms with Gasteiger partial charge < -0.3 is 9.84 Å². The van der Waals surface area contributed by atoms with Gasteiger partial charge in [0.25, 0.3) is 0 Å². The van der Waals surface area contributed by atoms with Gasteiger partial charge in [-0.15, -0.1) is 0 Å². The third-order valence-electron chi connectivity index (χ3n) is 2.07. The zero-order valence-corrected chi connectivity index (χ0v) is 11.9. The van der Waals surface area contributed by atoms with Crippen LogP contribution in [0.25, 0.3) is 0 Å². The van der Waals surface area contributed by atoms with Gasteiger partial charge in [-0.05, 0) is 12.1 Å². The number of hydrogen-bond acceptors (Lipinski definition) is 4. The zero-order valence-electron chi connectivity index (χ0n) is 9.56. The number of methoxy groups -OCH3 is 1. The lowest BCUT2D eigenvalue weighted by Gasteiger charge is -2.12. The number of halogens is 2. The van der Waals surface area contributed by atoms with Crippen molar-refractivity contribution in [2.75, 3.05) is 20.3 Å². The van der Waals surface area contributed by atoms with Gasteiger partial charge in [0, 0.05) is 13.7 Å². The minimum absolute atomic E-state index is 0.0335. The molecular formula is C10H13Cl2NO4S. The van der Waals surface area contributed by atoms with Crippen LogP contribution in [0.3, 0.4) is 0 Å². The molecule has 1 aromatic carbocycles. The van der Waals surface area contributed by atoms with Crippen molar-refractivity contribution in [3.05, 3.63) is 28.2 Å². The summed E-state index contributed by atoms with van der Waals surface area (Å²) in [7, 11) is -2.40. The highest BCUT2D eigenvalue weighted by atomic mass is 35.5. The van der Waals surface area contributed by atoms with E-state index in [9.17, 15) is 13.5 Å². The Kier molecular flexibility index (Phi) is 5.84. The summed E-state index contributed by atoms with van der Waals surface area (Å²) < 4.78 is 30.7. The SMILES string of the molecule is COCC(O)CNS(=O)(=O)c1cccc(Cl)c1Cl. The van der Waals surface area contributed by atoms with Crippen molar-refractivity contribution >= 4 is 33.2 Å². The standard InChI is InChI=1S/C10H13Cl2NO4S/c1-17-6-7(14)5-13-18(15,16)9-4-2-3-8(11)10(9)12/h2-4,7,13-14H,5-6H2,1H3. The van der Waals surface area contributed by atoms with Gasteiger partial charge in [-0.3, -0.25) is 0 Å². The van der Waals surface area contributed by atoms with Crippen molar-refractivity contribution < 1.29 is 18.3 Å². The molecular weight excluding hydrogens is 301 g/mol. The van der Waals surface area contributed by atoms with Crippen LogP contribution in [0.1, 0.15) is 0 Å². The van der Waals surface area contributed by atoms with Crippen LogP contribution in [0, 0.1) is 0 Å². The second-order valence-electron chi connectivity index (χ2n) is 3.51. The molecule has 0 saturated heterocycles. The Balaban J connectivity index is 2.84. The van der Waals surface area contributed by atoms with Crippen molar-refractivity contribution in [1.29, 1.82) is 0 Å². The van der Waals surface area contributed by atoms with Crippen molar-refractivity contribution in [3.63, 3.8) is 0 Å². The summed E-state index contributed by atoms with van der Waals surface area (Å²) in [5.74, 6) is 0. The van der Waals surface area contributed by atoms with Crippen LogP contribution in [-0.4, -0.2) is 39.9 Å². The first-order valence-corrected chi connectivity index (χ1v) is 7.23. The number of ether oxygens (including phenoxy) is 1. The van der Waals surface area contributed by atoms with Crippen LogP contribution < -0.4 is 4.72 Å². The fourth-order valence-corrected chi connectivity index (χ4v) is 3.06. The molecule has 8 heteroatoms. The third kappa shape index (κ3) is 4.08. The van der Waals surface area contributed by atoms with E-state index in [1.165, 1.54) is 25.3 Å². The van der Waals surface area contributed by atoms with Crippen molar-refractivity contribution in [1.82, 2.24) is 4.72 Å². The average molecular weight is 314 g/mol. The van der Waals surface area contributed by atoms with Crippen molar-refractivity contribution in [2.24, 2.45) is 0 Å². The average Bonchev–Trinajstić information content (AvgIpc) is 2.30. The van der Waals surface area contributed by atoms with Crippen LogP contribution in [0.5, 0.6) is 0 Å². The maximum absolute atomic E-state index is 11.9. The van der Waals surface area contributed by atoms with Crippen molar-refractivity contribution in [2.45, 2.75) is 11.0 Å². The first kappa shape index (κ1) is 15.7. The van der Waals surface area contributed by atoms with E-state index in [-0.39, 0.29) is 28.1 Å². The monoisotopic (exact) mass is 313 g/mol. The lowest BCUT2D eigenvalue weighted by molar-refractivity contribution is 0.0679. The molecule has 0 heterocycles. The number of rotatable bonds is 6. The topological polar surface area (TPSA) is 75.6 Å². The lowest BCUT2D eigenvalue weighted by atomic mass is 10.4. The Bertz CT molecular complexity index is 507. The predicted molar refractivity (Wildman–Crippen MR) is 69.5 cm³/mol. The summed E-state index contributed by atoms with van der Waals surface area (Å²) in [6, 6.07) is 4.30. The highest BCUT2D eigenvalue weighted by Gasteiger charge is 2.20. The van der Waals surface area contributed by atoms with Gasteiger partial charge in [-0.25, -0.2) is 13.1 Å². The van der Waals surface area contributed by atoms with Gasteiger partial charge in [0.05, 0.1) is 22.8 Å². The molecule has 1 aromatic rings. The second kappa shape index (κ2) is 6.70. The van der Waals surface area contributed by atoms with Crippen LogP contribution in [0.2, 0.25) is 10.0 Å². The summed E-state index contributed by atoms with van der Waals surface area (Å²) >= 11 is 11.6. The first-order valence-electron chi connectivity index (χ1n) is 4.99. The Labute approximate surface area is 116 Å². The third-order valence-corrected chi connectivity index (χ3v) is 4.47. The Morgan fingerprint density at radius 2 is 2.11 bits per heavy atom. The maximum atomic E-state index is 11.9. The minimum Gasteiger partial charge on any atom is -0.389 e. The normalized spacial score (nSPS) is 13.6. The summed E-state index contributed by atoms with van der Waals surface area (Å²) in [5.41, 5.74) is 0. The van der Waals surface area contributed by atoms with E-state index in [4.69, 9.17) is 23.2 Å². The molecule has 2 N–H and O–H groups in total. The molecule has 5 nitrogen and oxygen atoms in total. The number of aliphatic hydroxyl groups excluding tert-OH is 1. The minimum atomic E-state index is -3.81. The molecule has 0 spiro atoms. The van der Waals surface area contributed by atoms with Crippen LogP contribution in [-0.2, 0) is 14.8 Å². The Morgan fingerprint density at radius 1 is 1.44 bits per heavy atom. The Hall–Kier alpha value is -0.370. The fraction of sp³-hybridized carbons (Fsp3) is 0.400. The van der Waals surface area contributed by atoms with E-state index in [0.717, 1.165) is 0 Å². The molecule has 0 saturated carbocycles. The molecule has 0 aromatic heterocycles. The van der Waals surface area contributed by atoms with Gasteiger partial charge >= 0.3 is 0 Å². The largest absolute Gasteiger partial charge is 0.389 e. The number of hydrogen-bond donors (Lipinski definition) is 2. The van der Waals surface area contributed by atoms with Crippen molar-refractivity contribution in [3.8, 4) is 0 Å². The van der Waals surface area contributed by atoms with E-state index >= 15 is 0 Å². The molecule has 0 bridgehead atoms. The van der Waals surface area contributed by atoms with Gasteiger partial charge in [0.15, 0.2) is 0 Å². The molecule has 18 heavy (non-hydrogen) atoms. The van der Waals surface area contributed by atoms with E-state index in [1.54, 1.807) is 0 Å². The van der Waals surface area contributed by atoms with Gasteiger partial charge in [0.2, 0.25) is 10.0 Å². The number of aliphatic hydroxyl groups is 1. The second-order valence-corrected chi connectivity index (χ2v) is 6.03. The lowest BCUT2D eigenvalue weighted by Crippen LogP contribution is -2.34. The summed E-state index contributed by atoms with van der Waals surface area (Å²) in [5, 5.41) is 9.47. The molecule has 0 aliphatic rings. The number of sulfonamides is 1. The summed E-state index contributed by atoms with van der Waals surface area (Å²) in [6.07, 6.45) is -0.928. The Morgan fingerprint density at radius 3 is 2.72 bits per heavy atom. The zero-order chi connectivity index (χ0) is 13.8. The highest BCUT2D eigenvalue weighted by Crippen LogP contribution is 2.28. The number of benzene rings is 1. The fourth-order valence-electron chi connectivity index (χ4n) is 1.23. The molecule has 1 rings (SSSR count). The van der Waals surface area contributed by atoms with E-state index in [0.29, 0.717) is 0 Å². The molecule has 0 fully saturated rings. The van der Waals surface area contributed by atoms with Crippen LogP contribution >= 0.6 is 23.2 Å². The van der Waals surface area contributed by atoms with E-state index in [2.05, 4.69) is 9.46 Å². The number of nitrogens with one attached hydrogen (secondary N) is 1. The van der Waals surface area contributed by atoms with Crippen LogP contribution in [0.4, 0.5) is 0 Å². The molecule has 0 aliphatic carbocycles. The quantitative estimate of drug-likeness (QED) is 0.829. The molecule has 1 unspecified atom stereocenters. The first-order chi connectivity index (χ1) is 8.38. The van der Waals surface area contributed by atoms with E-state index in [1.807, 2.05) is 0 Å². The molecule has 0 aliphatic heterocycles.